The molecule has 0 saturated carbocycles. The van der Waals surface area contributed by atoms with Gasteiger partial charge in [-0.25, -0.2) is 0 Å². The third-order valence-electron chi connectivity index (χ3n) is 1.41. The molecule has 0 atom stereocenters. The number of hydrogen-bond donors (Lipinski definition) is 0. The predicted octanol–water partition coefficient (Wildman–Crippen LogP) is -2.85. The Morgan fingerprint density at radius 1 is 1.08 bits per heavy atom. The summed E-state index contributed by atoms with van der Waals surface area (Å²) in [7, 11) is 0. The molecule has 2 heterocycles. The Labute approximate surface area is 92.7 Å². The first-order valence-corrected chi connectivity index (χ1v) is 3.58. The highest BCUT2D eigenvalue weighted by Gasteiger charge is 2.01. The summed E-state index contributed by atoms with van der Waals surface area (Å²) in [5.74, 6) is 0.769. The van der Waals surface area contributed by atoms with E-state index in [9.17, 15) is 0 Å². The van der Waals surface area contributed by atoms with Crippen LogP contribution in [0.15, 0.2) is 42.9 Å². The van der Waals surface area contributed by atoms with E-state index in [1.165, 1.54) is 0 Å². The number of aromatic nitrogens is 4. The molecule has 0 aliphatic rings. The fourth-order valence-corrected chi connectivity index (χ4v) is 0.885. The van der Waals surface area contributed by atoms with E-state index in [2.05, 4.69) is 15.3 Å². The SMILES string of the molecule is [I-].c1ccc(-[n+]2cccnn2)nc1. The van der Waals surface area contributed by atoms with Crippen LogP contribution in [0.2, 0.25) is 0 Å². The molecule has 0 spiro atoms. The number of pyridine rings is 1. The van der Waals surface area contributed by atoms with Crippen LogP contribution >= 0.6 is 0 Å². The van der Waals surface area contributed by atoms with Crippen molar-refractivity contribution in [2.45, 2.75) is 0 Å². The Morgan fingerprint density at radius 2 is 2.00 bits per heavy atom. The van der Waals surface area contributed by atoms with E-state index >= 15 is 0 Å². The molecule has 4 nitrogen and oxygen atoms in total. The van der Waals surface area contributed by atoms with Gasteiger partial charge in [0, 0.05) is 12.1 Å². The largest absolute Gasteiger partial charge is 1.00 e. The molecule has 5 heteroatoms. The lowest BCUT2D eigenvalue weighted by molar-refractivity contribution is -0.669. The van der Waals surface area contributed by atoms with Crippen LogP contribution in [0.5, 0.6) is 0 Å². The van der Waals surface area contributed by atoms with Crippen molar-refractivity contribution in [2.24, 2.45) is 0 Å². The average molecular weight is 286 g/mol. The Morgan fingerprint density at radius 3 is 2.62 bits per heavy atom. The van der Waals surface area contributed by atoms with Crippen LogP contribution < -0.4 is 28.7 Å². The van der Waals surface area contributed by atoms with Gasteiger partial charge in [0.25, 0.3) is 5.82 Å². The van der Waals surface area contributed by atoms with Gasteiger partial charge in [-0.1, -0.05) is 6.07 Å². The molecule has 0 aliphatic heterocycles. The third-order valence-corrected chi connectivity index (χ3v) is 1.41. The van der Waals surface area contributed by atoms with E-state index < -0.39 is 0 Å². The van der Waals surface area contributed by atoms with E-state index in [1.54, 1.807) is 23.3 Å². The minimum Gasteiger partial charge on any atom is -1.00 e. The van der Waals surface area contributed by atoms with E-state index in [4.69, 9.17) is 0 Å². The highest BCUT2D eigenvalue weighted by Crippen LogP contribution is 1.88. The van der Waals surface area contributed by atoms with E-state index in [1.807, 2.05) is 24.3 Å². The van der Waals surface area contributed by atoms with Crippen molar-refractivity contribution in [1.82, 2.24) is 15.3 Å². The van der Waals surface area contributed by atoms with Gasteiger partial charge in [-0.3, -0.25) is 0 Å². The number of halogens is 1. The summed E-state index contributed by atoms with van der Waals surface area (Å²) < 4.78 is 1.61. The van der Waals surface area contributed by atoms with Gasteiger partial charge in [0.1, 0.15) is 12.4 Å². The van der Waals surface area contributed by atoms with E-state index in [-0.39, 0.29) is 24.0 Å². The van der Waals surface area contributed by atoms with Crippen LogP contribution in [0.4, 0.5) is 0 Å². The van der Waals surface area contributed by atoms with Gasteiger partial charge in [0.05, 0.1) is 11.4 Å². The van der Waals surface area contributed by atoms with Crippen LogP contribution in [0, 0.1) is 0 Å². The molecule has 0 fully saturated rings. The maximum atomic E-state index is 4.11. The predicted molar refractivity (Wildman–Crippen MR) is 41.4 cm³/mol. The maximum Gasteiger partial charge on any atom is 0.285 e. The minimum absolute atomic E-state index is 0. The number of nitrogens with zero attached hydrogens (tertiary/aromatic N) is 4. The summed E-state index contributed by atoms with van der Waals surface area (Å²) in [6.45, 7) is 0. The van der Waals surface area contributed by atoms with Gasteiger partial charge in [-0.2, -0.15) is 0 Å². The van der Waals surface area contributed by atoms with Gasteiger partial charge in [0.15, 0.2) is 0 Å². The minimum atomic E-state index is 0. The van der Waals surface area contributed by atoms with Crippen LogP contribution in [0.3, 0.4) is 0 Å². The molecule has 0 unspecified atom stereocenters. The zero-order valence-electron chi connectivity index (χ0n) is 6.71. The first-order valence-electron chi connectivity index (χ1n) is 3.58. The summed E-state index contributed by atoms with van der Waals surface area (Å²) in [5, 5.41) is 7.59. The first-order chi connectivity index (χ1) is 5.97. The monoisotopic (exact) mass is 286 g/mol. The third kappa shape index (κ3) is 2.41. The molecule has 0 aliphatic carbocycles. The second kappa shape index (κ2) is 4.80. The van der Waals surface area contributed by atoms with Gasteiger partial charge < -0.3 is 24.0 Å². The Kier molecular flexibility index (Phi) is 3.69. The molecular formula is C8H7IN4. The van der Waals surface area contributed by atoms with Crippen LogP contribution in [0.1, 0.15) is 0 Å². The molecule has 0 bridgehead atoms. The van der Waals surface area contributed by atoms with Crippen molar-refractivity contribution < 1.29 is 28.7 Å². The van der Waals surface area contributed by atoms with Crippen molar-refractivity contribution in [1.29, 1.82) is 0 Å². The normalized spacial score (nSPS) is 8.92. The molecule has 0 aromatic carbocycles. The van der Waals surface area contributed by atoms with Crippen molar-refractivity contribution in [3.8, 4) is 5.82 Å². The second-order valence-corrected chi connectivity index (χ2v) is 2.23. The molecular weight excluding hydrogens is 279 g/mol. The van der Waals surface area contributed by atoms with Gasteiger partial charge >= 0.3 is 0 Å². The van der Waals surface area contributed by atoms with Gasteiger partial charge in [-0.05, 0) is 11.2 Å². The first kappa shape index (κ1) is 9.97. The summed E-state index contributed by atoms with van der Waals surface area (Å²) in [4.78, 5) is 4.11. The fourth-order valence-electron chi connectivity index (χ4n) is 0.885. The lowest BCUT2D eigenvalue weighted by Crippen LogP contribution is -3.00. The van der Waals surface area contributed by atoms with Gasteiger partial charge in [0.2, 0.25) is 0 Å². The van der Waals surface area contributed by atoms with E-state index in [0.717, 1.165) is 5.82 Å². The van der Waals surface area contributed by atoms with Crippen molar-refractivity contribution in [3.63, 3.8) is 0 Å². The summed E-state index contributed by atoms with van der Waals surface area (Å²) >= 11 is 0. The molecule has 13 heavy (non-hydrogen) atoms. The molecule has 2 rings (SSSR count). The maximum absolute atomic E-state index is 4.11. The summed E-state index contributed by atoms with van der Waals surface area (Å²) in [6.07, 6.45) is 5.14. The highest BCUT2D eigenvalue weighted by atomic mass is 127. The molecule has 2 aromatic rings. The zero-order chi connectivity index (χ0) is 8.23. The topological polar surface area (TPSA) is 42.5 Å². The van der Waals surface area contributed by atoms with Crippen LogP contribution in [-0.4, -0.2) is 15.3 Å². The highest BCUT2D eigenvalue weighted by molar-refractivity contribution is 5.08. The summed E-state index contributed by atoms with van der Waals surface area (Å²) in [6, 6.07) is 7.45. The van der Waals surface area contributed by atoms with Crippen LogP contribution in [0.25, 0.3) is 5.82 Å². The molecule has 0 amide bonds. The Hall–Kier alpha value is -1.11. The van der Waals surface area contributed by atoms with Crippen LogP contribution in [-0.2, 0) is 0 Å². The number of rotatable bonds is 1. The number of hydrogen-bond acceptors (Lipinski definition) is 3. The average Bonchev–Trinajstić information content (AvgIpc) is 2.21. The van der Waals surface area contributed by atoms with Crippen molar-refractivity contribution >= 4 is 0 Å². The summed E-state index contributed by atoms with van der Waals surface area (Å²) in [5.41, 5.74) is 0. The van der Waals surface area contributed by atoms with Crippen molar-refractivity contribution in [3.05, 3.63) is 42.9 Å². The lowest BCUT2D eigenvalue weighted by Gasteiger charge is -1.90. The Bertz CT molecular complexity index is 314. The molecule has 0 radical (unpaired) electrons. The zero-order valence-corrected chi connectivity index (χ0v) is 8.87. The fraction of sp³-hybridized carbons (Fsp3) is 0. The molecule has 0 saturated heterocycles. The second-order valence-electron chi connectivity index (χ2n) is 2.23. The lowest BCUT2D eigenvalue weighted by atomic mass is 10.5. The van der Waals surface area contributed by atoms with Gasteiger partial charge in [-0.15, -0.1) is 9.67 Å². The van der Waals surface area contributed by atoms with Crippen molar-refractivity contribution in [2.75, 3.05) is 0 Å². The smallest absolute Gasteiger partial charge is 0.285 e. The van der Waals surface area contributed by atoms with E-state index in [0.29, 0.717) is 0 Å². The quantitative estimate of drug-likeness (QED) is 0.419. The molecule has 0 N–H and O–H groups in total. The standard InChI is InChI=1S/C8H7N4.HI/c1-2-5-9-8(4-1)12-7-3-6-10-11-12;/h1-7H;1H/q+1;/p-1. The molecule has 2 aromatic heterocycles. The Balaban J connectivity index is 0.000000845. The molecule has 66 valence electrons.